The van der Waals surface area contributed by atoms with Crippen molar-refractivity contribution in [3.05, 3.63) is 30.5 Å². The van der Waals surface area contributed by atoms with Crippen LogP contribution in [0.3, 0.4) is 0 Å². The lowest BCUT2D eigenvalue weighted by Gasteiger charge is -2.04. The Bertz CT molecular complexity index is 603. The van der Waals surface area contributed by atoms with Crippen LogP contribution in [0.25, 0.3) is 11.0 Å². The van der Waals surface area contributed by atoms with E-state index in [1.54, 1.807) is 6.07 Å². The van der Waals surface area contributed by atoms with Gasteiger partial charge in [-0.25, -0.2) is 0 Å². The number of benzene rings is 1. The second kappa shape index (κ2) is 3.75. The lowest BCUT2D eigenvalue weighted by molar-refractivity contribution is 0.219. The van der Waals surface area contributed by atoms with Crippen LogP contribution in [0.15, 0.2) is 34.9 Å². The van der Waals surface area contributed by atoms with E-state index in [9.17, 15) is 17.2 Å². The molecule has 2 rings (SSSR count). The van der Waals surface area contributed by atoms with E-state index in [1.165, 1.54) is 24.5 Å². The largest absolute Gasteiger partial charge is 0.464 e. The summed E-state index contributed by atoms with van der Waals surface area (Å²) in [5.41, 5.74) is 0.363. The van der Waals surface area contributed by atoms with Crippen LogP contribution in [-0.4, -0.2) is 14.2 Å². The molecule has 0 unspecified atom stereocenters. The summed E-state index contributed by atoms with van der Waals surface area (Å²) in [6.07, 6.45) is 1.40. The second-order valence-corrected chi connectivity index (χ2v) is 4.47. The fourth-order valence-electron chi connectivity index (χ4n) is 1.16. The maximum Gasteiger partial charge on any atom is 0.372 e. The van der Waals surface area contributed by atoms with Gasteiger partial charge in [-0.05, 0) is 18.2 Å². The van der Waals surface area contributed by atoms with Gasteiger partial charge in [0.15, 0.2) is 0 Å². The van der Waals surface area contributed by atoms with Crippen molar-refractivity contribution in [1.29, 1.82) is 0 Å². The number of alkyl halides is 2. The molecular formula is C9H6F2O4S. The number of halogens is 2. The molecule has 0 saturated carbocycles. The maximum atomic E-state index is 12.0. The van der Waals surface area contributed by atoms with Crippen molar-refractivity contribution in [2.75, 3.05) is 0 Å². The molecule has 0 aliphatic heterocycles. The minimum absolute atomic E-state index is 0.206. The fraction of sp³-hybridized carbons (Fsp3) is 0.111. The Labute approximate surface area is 89.6 Å². The zero-order chi connectivity index (χ0) is 11.8. The topological polar surface area (TPSA) is 56.5 Å². The summed E-state index contributed by atoms with van der Waals surface area (Å²) >= 11 is 0. The van der Waals surface area contributed by atoms with Crippen molar-refractivity contribution in [2.24, 2.45) is 0 Å². The average Bonchev–Trinajstić information content (AvgIpc) is 2.63. The first kappa shape index (κ1) is 10.9. The van der Waals surface area contributed by atoms with E-state index >= 15 is 0 Å². The second-order valence-electron chi connectivity index (χ2n) is 2.96. The molecule has 86 valence electrons. The highest BCUT2D eigenvalue weighted by atomic mass is 32.2. The molecule has 1 aromatic carbocycles. The molecule has 0 bridgehead atoms. The third-order valence-corrected chi connectivity index (χ3v) is 2.72. The summed E-state index contributed by atoms with van der Waals surface area (Å²) < 4.78 is 54.7. The molecule has 0 N–H and O–H groups in total. The van der Waals surface area contributed by atoms with Gasteiger partial charge >= 0.3 is 15.9 Å². The van der Waals surface area contributed by atoms with Crippen LogP contribution in [0.5, 0.6) is 5.75 Å². The van der Waals surface area contributed by atoms with Crippen LogP contribution in [0, 0.1) is 0 Å². The van der Waals surface area contributed by atoms with Gasteiger partial charge in [0.05, 0.1) is 6.26 Å². The van der Waals surface area contributed by atoms with Crippen LogP contribution >= 0.6 is 0 Å². The highest BCUT2D eigenvalue weighted by Gasteiger charge is 2.26. The number of furan rings is 1. The summed E-state index contributed by atoms with van der Waals surface area (Å²) in [6.45, 7) is 0. The summed E-state index contributed by atoms with van der Waals surface area (Å²) in [5, 5.41) is 0.724. The first-order chi connectivity index (χ1) is 7.49. The molecule has 7 heteroatoms. The SMILES string of the molecule is O=S(=O)(Oc1ccc2ccoc2c1)C(F)F. The molecule has 1 aromatic heterocycles. The molecule has 1 heterocycles. The Morgan fingerprint density at radius 1 is 1.25 bits per heavy atom. The molecule has 0 aliphatic rings. The Kier molecular flexibility index (Phi) is 2.55. The van der Waals surface area contributed by atoms with Gasteiger partial charge < -0.3 is 8.60 Å². The molecule has 0 fully saturated rings. The van der Waals surface area contributed by atoms with E-state index in [4.69, 9.17) is 4.42 Å². The van der Waals surface area contributed by atoms with Crippen LogP contribution in [0.4, 0.5) is 8.78 Å². The third kappa shape index (κ3) is 1.99. The van der Waals surface area contributed by atoms with E-state index in [0.717, 1.165) is 5.39 Å². The van der Waals surface area contributed by atoms with Crippen LogP contribution in [-0.2, 0) is 10.1 Å². The van der Waals surface area contributed by atoms with Gasteiger partial charge in [-0.3, -0.25) is 0 Å². The molecule has 0 amide bonds. The average molecular weight is 248 g/mol. The minimum Gasteiger partial charge on any atom is -0.464 e. The fourth-order valence-corrected chi connectivity index (χ4v) is 1.60. The van der Waals surface area contributed by atoms with Gasteiger partial charge in [-0.15, -0.1) is 0 Å². The number of hydrogen-bond donors (Lipinski definition) is 0. The number of rotatable bonds is 3. The van der Waals surface area contributed by atoms with Gasteiger partial charge in [-0.2, -0.15) is 17.2 Å². The van der Waals surface area contributed by atoms with Crippen molar-refractivity contribution in [3.8, 4) is 5.75 Å². The summed E-state index contributed by atoms with van der Waals surface area (Å²) in [7, 11) is -4.88. The van der Waals surface area contributed by atoms with Crippen molar-refractivity contribution in [3.63, 3.8) is 0 Å². The van der Waals surface area contributed by atoms with Crippen molar-refractivity contribution in [2.45, 2.75) is 5.76 Å². The highest BCUT2D eigenvalue weighted by Crippen LogP contribution is 2.23. The van der Waals surface area contributed by atoms with E-state index in [2.05, 4.69) is 4.18 Å². The molecule has 16 heavy (non-hydrogen) atoms. The Hall–Kier alpha value is -1.63. The smallest absolute Gasteiger partial charge is 0.372 e. The molecule has 0 saturated heterocycles. The minimum atomic E-state index is -4.88. The maximum absolute atomic E-state index is 12.0. The zero-order valence-corrected chi connectivity index (χ0v) is 8.58. The first-order valence-electron chi connectivity index (χ1n) is 4.18. The first-order valence-corrected chi connectivity index (χ1v) is 5.65. The standard InChI is InChI=1S/C9H6F2O4S/c10-9(11)16(12,13)15-7-2-1-6-3-4-14-8(6)5-7/h1-5,9H. The van der Waals surface area contributed by atoms with E-state index in [-0.39, 0.29) is 5.75 Å². The molecule has 2 aromatic rings. The molecule has 4 nitrogen and oxygen atoms in total. The summed E-state index contributed by atoms with van der Waals surface area (Å²) in [4.78, 5) is 0. The van der Waals surface area contributed by atoms with E-state index < -0.39 is 15.9 Å². The van der Waals surface area contributed by atoms with Gasteiger partial charge in [0.2, 0.25) is 0 Å². The molecule has 0 radical (unpaired) electrons. The van der Waals surface area contributed by atoms with Crippen molar-refractivity contribution in [1.82, 2.24) is 0 Å². The number of hydrogen-bond acceptors (Lipinski definition) is 4. The van der Waals surface area contributed by atoms with Crippen LogP contribution in [0.1, 0.15) is 0 Å². The van der Waals surface area contributed by atoms with Crippen LogP contribution in [0.2, 0.25) is 0 Å². The highest BCUT2D eigenvalue weighted by molar-refractivity contribution is 7.87. The van der Waals surface area contributed by atoms with E-state index in [0.29, 0.717) is 5.58 Å². The third-order valence-electron chi connectivity index (χ3n) is 1.86. The Morgan fingerprint density at radius 3 is 2.69 bits per heavy atom. The number of fused-ring (bicyclic) bond motifs is 1. The lowest BCUT2D eigenvalue weighted by Crippen LogP contribution is -2.17. The molecule has 0 aliphatic carbocycles. The zero-order valence-electron chi connectivity index (χ0n) is 7.76. The Morgan fingerprint density at radius 2 is 2.00 bits per heavy atom. The van der Waals surface area contributed by atoms with Crippen LogP contribution < -0.4 is 4.18 Å². The van der Waals surface area contributed by atoms with Gasteiger partial charge in [0.25, 0.3) is 0 Å². The molecule has 0 spiro atoms. The molecule has 0 atom stereocenters. The summed E-state index contributed by atoms with van der Waals surface area (Å²) in [6, 6.07) is 5.67. The normalized spacial score (nSPS) is 12.2. The van der Waals surface area contributed by atoms with Crippen molar-refractivity contribution < 1.29 is 25.8 Å². The summed E-state index contributed by atoms with van der Waals surface area (Å²) in [5.74, 6) is -3.78. The predicted molar refractivity (Wildman–Crippen MR) is 51.8 cm³/mol. The van der Waals surface area contributed by atoms with Gasteiger partial charge in [0.1, 0.15) is 11.3 Å². The van der Waals surface area contributed by atoms with Gasteiger partial charge in [0, 0.05) is 11.5 Å². The molecular weight excluding hydrogens is 242 g/mol. The quantitative estimate of drug-likeness (QED) is 0.782. The monoisotopic (exact) mass is 248 g/mol. The lowest BCUT2D eigenvalue weighted by atomic mass is 10.2. The van der Waals surface area contributed by atoms with Gasteiger partial charge in [-0.1, -0.05) is 0 Å². The van der Waals surface area contributed by atoms with E-state index in [1.807, 2.05) is 0 Å². The Balaban J connectivity index is 2.34. The van der Waals surface area contributed by atoms with Crippen molar-refractivity contribution >= 4 is 21.1 Å². The predicted octanol–water partition coefficient (Wildman–Crippen LogP) is 2.36.